The highest BCUT2D eigenvalue weighted by atomic mass is 16.4. The Bertz CT molecular complexity index is 645. The Balaban J connectivity index is 2.25. The third kappa shape index (κ3) is 3.72. The lowest BCUT2D eigenvalue weighted by atomic mass is 9.99. The van der Waals surface area contributed by atoms with Crippen LogP contribution in [0.3, 0.4) is 0 Å². The summed E-state index contributed by atoms with van der Waals surface area (Å²) < 4.78 is 0. The summed E-state index contributed by atoms with van der Waals surface area (Å²) in [6, 6.07) is 15.1. The zero-order valence-corrected chi connectivity index (χ0v) is 12.3. The fourth-order valence-corrected chi connectivity index (χ4v) is 2.31. The molecule has 0 spiro atoms. The molecule has 0 heterocycles. The monoisotopic (exact) mass is 281 g/mol. The normalized spacial score (nSPS) is 10.8. The molecule has 2 aromatic rings. The Kier molecular flexibility index (Phi) is 4.77. The van der Waals surface area contributed by atoms with Gasteiger partial charge in [-0.05, 0) is 35.9 Å². The van der Waals surface area contributed by atoms with Crippen molar-refractivity contribution < 1.29 is 9.90 Å². The summed E-state index contributed by atoms with van der Waals surface area (Å²) in [7, 11) is 2.02. The molecule has 0 radical (unpaired) electrons. The van der Waals surface area contributed by atoms with Crippen molar-refractivity contribution in [1.82, 2.24) is 4.90 Å². The van der Waals surface area contributed by atoms with Crippen molar-refractivity contribution in [1.29, 1.82) is 0 Å². The number of carboxylic acid groups (broad SMARTS) is 1. The molecule has 0 unspecified atom stereocenters. The molecule has 0 saturated heterocycles. The topological polar surface area (TPSA) is 40.5 Å². The minimum absolute atomic E-state index is 0.330. The maximum absolute atomic E-state index is 11.3. The van der Waals surface area contributed by atoms with Crippen molar-refractivity contribution in [3.8, 4) is 11.1 Å². The number of allylic oxidation sites excluding steroid dienone is 1. The van der Waals surface area contributed by atoms with E-state index in [-0.39, 0.29) is 0 Å². The second kappa shape index (κ2) is 6.75. The second-order valence-electron chi connectivity index (χ2n) is 4.95. The molecule has 0 saturated carbocycles. The van der Waals surface area contributed by atoms with Crippen molar-refractivity contribution in [2.24, 2.45) is 0 Å². The van der Waals surface area contributed by atoms with Crippen molar-refractivity contribution in [3.05, 3.63) is 71.9 Å². The molecule has 3 heteroatoms. The van der Waals surface area contributed by atoms with Crippen molar-refractivity contribution >= 4 is 5.97 Å². The molecule has 3 nitrogen and oxygen atoms in total. The zero-order chi connectivity index (χ0) is 15.2. The van der Waals surface area contributed by atoms with E-state index in [0.29, 0.717) is 5.56 Å². The second-order valence-corrected chi connectivity index (χ2v) is 4.95. The van der Waals surface area contributed by atoms with Crippen LogP contribution in [0.2, 0.25) is 0 Å². The molecule has 0 aliphatic rings. The van der Waals surface area contributed by atoms with E-state index in [2.05, 4.69) is 4.90 Å². The number of carbonyl (C=O) groups is 1. The molecule has 0 atom stereocenters. The Labute approximate surface area is 125 Å². The summed E-state index contributed by atoms with van der Waals surface area (Å²) in [6.45, 7) is 2.81. The highest BCUT2D eigenvalue weighted by molar-refractivity contribution is 5.95. The van der Waals surface area contributed by atoms with Crippen molar-refractivity contribution in [2.75, 3.05) is 7.05 Å². The van der Waals surface area contributed by atoms with Crippen molar-refractivity contribution in [2.45, 2.75) is 13.5 Å². The van der Waals surface area contributed by atoms with Crippen LogP contribution in [0.4, 0.5) is 0 Å². The molecule has 2 aromatic carbocycles. The number of benzene rings is 2. The molecule has 108 valence electrons. The van der Waals surface area contributed by atoms with E-state index < -0.39 is 5.97 Å². The molecule has 0 aliphatic carbocycles. The summed E-state index contributed by atoms with van der Waals surface area (Å²) in [4.78, 5) is 13.4. The summed E-state index contributed by atoms with van der Waals surface area (Å²) in [6.07, 6.45) is 4.02. The maximum atomic E-state index is 11.3. The molecule has 1 N–H and O–H groups in total. The Hall–Kier alpha value is -2.55. The van der Waals surface area contributed by atoms with Gasteiger partial charge >= 0.3 is 5.97 Å². The van der Waals surface area contributed by atoms with E-state index in [1.807, 2.05) is 62.6 Å². The van der Waals surface area contributed by atoms with Gasteiger partial charge in [-0.2, -0.15) is 0 Å². The van der Waals surface area contributed by atoms with Gasteiger partial charge in [-0.3, -0.25) is 0 Å². The Morgan fingerprint density at radius 2 is 1.81 bits per heavy atom. The van der Waals surface area contributed by atoms with E-state index in [4.69, 9.17) is 0 Å². The van der Waals surface area contributed by atoms with Gasteiger partial charge in [0.15, 0.2) is 0 Å². The predicted molar refractivity (Wildman–Crippen MR) is 85.1 cm³/mol. The first-order chi connectivity index (χ1) is 10.1. The van der Waals surface area contributed by atoms with Crippen LogP contribution in [-0.4, -0.2) is 23.0 Å². The predicted octanol–water partition coefficient (Wildman–Crippen LogP) is 4.02. The fourth-order valence-electron chi connectivity index (χ4n) is 2.31. The van der Waals surface area contributed by atoms with Crippen LogP contribution < -0.4 is 0 Å². The van der Waals surface area contributed by atoms with Crippen LogP contribution in [0, 0.1) is 0 Å². The summed E-state index contributed by atoms with van der Waals surface area (Å²) in [5.74, 6) is -0.900. The summed E-state index contributed by atoms with van der Waals surface area (Å²) >= 11 is 0. The lowest BCUT2D eigenvalue weighted by Gasteiger charge is -2.14. The summed E-state index contributed by atoms with van der Waals surface area (Å²) in [5.41, 5.74) is 3.19. The van der Waals surface area contributed by atoms with Crippen LogP contribution in [0.1, 0.15) is 22.8 Å². The first-order valence-corrected chi connectivity index (χ1v) is 6.86. The van der Waals surface area contributed by atoms with Crippen LogP contribution in [-0.2, 0) is 6.54 Å². The molecule has 0 aliphatic heterocycles. The third-order valence-electron chi connectivity index (χ3n) is 3.26. The Morgan fingerprint density at radius 1 is 1.14 bits per heavy atom. The van der Waals surface area contributed by atoms with Gasteiger partial charge in [0.2, 0.25) is 0 Å². The number of nitrogens with zero attached hydrogens (tertiary/aromatic N) is 1. The molecule has 0 amide bonds. The largest absolute Gasteiger partial charge is 0.478 e. The van der Waals surface area contributed by atoms with Gasteiger partial charge in [0.05, 0.1) is 5.56 Å². The van der Waals surface area contributed by atoms with Gasteiger partial charge in [-0.15, -0.1) is 0 Å². The van der Waals surface area contributed by atoms with Gasteiger partial charge in [-0.1, -0.05) is 48.5 Å². The number of hydrogen-bond donors (Lipinski definition) is 1. The molecule has 0 bridgehead atoms. The zero-order valence-electron chi connectivity index (χ0n) is 12.3. The maximum Gasteiger partial charge on any atom is 0.336 e. The first-order valence-electron chi connectivity index (χ1n) is 6.86. The van der Waals surface area contributed by atoms with Gasteiger partial charge in [0.25, 0.3) is 0 Å². The molecule has 0 aromatic heterocycles. The van der Waals surface area contributed by atoms with E-state index in [9.17, 15) is 9.90 Å². The number of aromatic carboxylic acids is 1. The van der Waals surface area contributed by atoms with Crippen molar-refractivity contribution in [3.63, 3.8) is 0 Å². The number of rotatable bonds is 5. The highest BCUT2D eigenvalue weighted by Crippen LogP contribution is 2.24. The van der Waals surface area contributed by atoms with E-state index >= 15 is 0 Å². The molecule has 21 heavy (non-hydrogen) atoms. The van der Waals surface area contributed by atoms with Crippen LogP contribution in [0.25, 0.3) is 11.1 Å². The fraction of sp³-hybridized carbons (Fsp3) is 0.167. The van der Waals surface area contributed by atoms with E-state index in [0.717, 1.165) is 17.7 Å². The van der Waals surface area contributed by atoms with Crippen LogP contribution >= 0.6 is 0 Å². The number of hydrogen-bond acceptors (Lipinski definition) is 2. The third-order valence-corrected chi connectivity index (χ3v) is 3.26. The average molecular weight is 281 g/mol. The van der Waals surface area contributed by atoms with Gasteiger partial charge in [-0.25, -0.2) is 4.79 Å². The van der Waals surface area contributed by atoms with E-state index in [1.165, 1.54) is 5.56 Å². The van der Waals surface area contributed by atoms with E-state index in [1.54, 1.807) is 12.1 Å². The first kappa shape index (κ1) is 14.9. The standard InChI is InChI=1S/C18H19NO2/c1-3-12-19(2)13-14-8-10-15(11-9-14)16-6-4-5-7-17(16)18(20)21/h3-12H,13H2,1-2H3,(H,20,21). The van der Waals surface area contributed by atoms with Gasteiger partial charge < -0.3 is 10.0 Å². The molecule has 0 fully saturated rings. The van der Waals surface area contributed by atoms with Crippen LogP contribution in [0.15, 0.2) is 60.8 Å². The molecule has 2 rings (SSSR count). The minimum Gasteiger partial charge on any atom is -0.478 e. The lowest BCUT2D eigenvalue weighted by molar-refractivity contribution is 0.0697. The SMILES string of the molecule is CC=CN(C)Cc1ccc(-c2ccccc2C(=O)O)cc1. The number of carboxylic acids is 1. The van der Waals surface area contributed by atoms with Crippen LogP contribution in [0.5, 0.6) is 0 Å². The van der Waals surface area contributed by atoms with Gasteiger partial charge in [0, 0.05) is 13.6 Å². The molecular formula is C18H19NO2. The smallest absolute Gasteiger partial charge is 0.336 e. The van der Waals surface area contributed by atoms with Gasteiger partial charge in [0.1, 0.15) is 0 Å². The summed E-state index contributed by atoms with van der Waals surface area (Å²) in [5, 5.41) is 9.25. The Morgan fingerprint density at radius 3 is 2.43 bits per heavy atom. The quantitative estimate of drug-likeness (QED) is 0.900. The molecular weight excluding hydrogens is 262 g/mol. The lowest BCUT2D eigenvalue weighted by Crippen LogP contribution is -2.09. The highest BCUT2D eigenvalue weighted by Gasteiger charge is 2.10. The average Bonchev–Trinajstić information content (AvgIpc) is 2.48. The minimum atomic E-state index is -0.900.